The Bertz CT molecular complexity index is 1380. The Kier molecular flexibility index (Phi) is 7.21. The average molecular weight is 483 g/mol. The molecule has 0 saturated carbocycles. The maximum Gasteiger partial charge on any atom is 0.248 e. The van der Waals surface area contributed by atoms with E-state index in [-0.39, 0.29) is 24.2 Å². The maximum absolute atomic E-state index is 12.2. The minimum Gasteiger partial charge on any atom is -0.487 e. The summed E-state index contributed by atoms with van der Waals surface area (Å²) in [5.74, 6) is 0.624. The van der Waals surface area contributed by atoms with Gasteiger partial charge in [-0.15, -0.1) is 0 Å². The van der Waals surface area contributed by atoms with E-state index in [9.17, 15) is 9.90 Å². The van der Waals surface area contributed by atoms with Gasteiger partial charge in [0, 0.05) is 17.5 Å². The molecule has 1 aliphatic carbocycles. The van der Waals surface area contributed by atoms with Gasteiger partial charge in [-0.05, 0) is 71.2 Å². The molecule has 1 atom stereocenters. The number of aromatic nitrogens is 1. The Balaban J connectivity index is 1.40. The molecule has 0 radical (unpaired) electrons. The highest BCUT2D eigenvalue weighted by Gasteiger charge is 2.26. The van der Waals surface area contributed by atoms with E-state index in [1.165, 1.54) is 28.3 Å². The molecule has 0 spiro atoms. The molecule has 1 heterocycles. The molecule has 4 aromatic rings. The molecule has 3 N–H and O–H groups in total. The Labute approximate surface area is 212 Å². The van der Waals surface area contributed by atoms with Gasteiger partial charge in [0.1, 0.15) is 12.4 Å². The lowest BCUT2D eigenvalue weighted by Gasteiger charge is -2.23. The zero-order valence-corrected chi connectivity index (χ0v) is 21.0. The Morgan fingerprint density at radius 2 is 1.67 bits per heavy atom. The van der Waals surface area contributed by atoms with Crippen LogP contribution in [0.3, 0.4) is 0 Å². The molecule has 5 heteroatoms. The van der Waals surface area contributed by atoms with Crippen molar-refractivity contribution in [2.24, 2.45) is 0 Å². The number of fused-ring (bicyclic) bond motifs is 2. The first-order valence-corrected chi connectivity index (χ1v) is 12.9. The fourth-order valence-corrected chi connectivity index (χ4v) is 5.48. The second kappa shape index (κ2) is 10.7. The van der Waals surface area contributed by atoms with E-state index in [4.69, 9.17) is 4.74 Å². The molecule has 3 aromatic carbocycles. The minimum atomic E-state index is -0.253. The quantitative estimate of drug-likeness (QED) is 0.313. The normalized spacial score (nSPS) is 14.2. The number of hydrogen-bond acceptors (Lipinski definition) is 4. The molecular weight excluding hydrogens is 448 g/mol. The first-order valence-electron chi connectivity index (χ1n) is 12.9. The van der Waals surface area contributed by atoms with Gasteiger partial charge < -0.3 is 20.1 Å². The van der Waals surface area contributed by atoms with Gasteiger partial charge >= 0.3 is 0 Å². The van der Waals surface area contributed by atoms with Crippen LogP contribution < -0.4 is 15.6 Å². The van der Waals surface area contributed by atoms with Crippen LogP contribution in [-0.2, 0) is 32.3 Å². The largest absolute Gasteiger partial charge is 0.487 e. The molecule has 0 aliphatic heterocycles. The van der Waals surface area contributed by atoms with Crippen LogP contribution in [0.2, 0.25) is 0 Å². The van der Waals surface area contributed by atoms with Crippen molar-refractivity contribution in [2.75, 3.05) is 6.61 Å². The lowest BCUT2D eigenvalue weighted by Crippen LogP contribution is -2.35. The highest BCUT2D eigenvalue weighted by Crippen LogP contribution is 2.32. The molecule has 5 rings (SSSR count). The lowest BCUT2D eigenvalue weighted by atomic mass is 9.97. The predicted octanol–water partition coefficient (Wildman–Crippen LogP) is 5.02. The van der Waals surface area contributed by atoms with Crippen molar-refractivity contribution in [3.8, 4) is 5.75 Å². The molecule has 1 aliphatic rings. The zero-order chi connectivity index (χ0) is 25.1. The van der Waals surface area contributed by atoms with E-state index in [1.54, 1.807) is 0 Å². The number of aliphatic hydroxyl groups excluding tert-OH is 1. The third-order valence-electron chi connectivity index (χ3n) is 7.34. The van der Waals surface area contributed by atoms with Crippen molar-refractivity contribution < 1.29 is 9.84 Å². The molecule has 0 fully saturated rings. The number of pyridine rings is 1. The van der Waals surface area contributed by atoms with Gasteiger partial charge in [-0.3, -0.25) is 4.79 Å². The summed E-state index contributed by atoms with van der Waals surface area (Å²) >= 11 is 0. The fraction of sp³-hybridized carbons (Fsp3) is 0.323. The molecule has 0 unspecified atom stereocenters. The number of H-pyrrole nitrogens is 1. The highest BCUT2D eigenvalue weighted by atomic mass is 16.5. The molecule has 1 aromatic heterocycles. The average Bonchev–Trinajstić information content (AvgIpc) is 3.31. The van der Waals surface area contributed by atoms with Crippen molar-refractivity contribution in [1.82, 2.24) is 10.3 Å². The minimum absolute atomic E-state index is 0.0360. The molecule has 0 bridgehead atoms. The second-order valence-electron chi connectivity index (χ2n) is 9.64. The smallest absolute Gasteiger partial charge is 0.248 e. The van der Waals surface area contributed by atoms with E-state index >= 15 is 0 Å². The Morgan fingerprint density at radius 1 is 0.972 bits per heavy atom. The lowest BCUT2D eigenvalue weighted by molar-refractivity contribution is 0.234. The van der Waals surface area contributed by atoms with Crippen LogP contribution in [0.5, 0.6) is 5.75 Å². The van der Waals surface area contributed by atoms with Gasteiger partial charge in [0.05, 0.1) is 18.2 Å². The first kappa shape index (κ1) is 24.3. The number of aromatic amines is 1. The topological polar surface area (TPSA) is 74.3 Å². The molecule has 0 amide bonds. The summed E-state index contributed by atoms with van der Waals surface area (Å²) in [5.41, 5.74) is 8.20. The molecule has 36 heavy (non-hydrogen) atoms. The number of benzene rings is 3. The number of hydrogen-bond donors (Lipinski definition) is 3. The maximum atomic E-state index is 12.2. The molecular formula is C31H34N2O3. The van der Waals surface area contributed by atoms with E-state index in [0.717, 1.165) is 42.2 Å². The van der Waals surface area contributed by atoms with Gasteiger partial charge in [-0.25, -0.2) is 0 Å². The van der Waals surface area contributed by atoms with Crippen LogP contribution in [0.15, 0.2) is 71.5 Å². The summed E-state index contributed by atoms with van der Waals surface area (Å²) in [6, 6.07) is 22.0. The van der Waals surface area contributed by atoms with Gasteiger partial charge in [-0.1, -0.05) is 62.4 Å². The standard InChI is InChI=1S/C31H34N2O3/c1-3-21-14-23-16-25(17-24(23)15-22(21)4-2)32-28(18-34)26-10-12-29(31-27(26)11-13-30(35)33-31)36-19-20-8-6-5-7-9-20/h5-15,25,28,32,34H,3-4,16-19H2,1-2H3,(H,33,35)/t28-/m0/s1. The Hall–Kier alpha value is -3.41. The van der Waals surface area contributed by atoms with Crippen LogP contribution in [0.1, 0.15) is 53.3 Å². The third-order valence-corrected chi connectivity index (χ3v) is 7.34. The highest BCUT2D eigenvalue weighted by molar-refractivity contribution is 5.88. The van der Waals surface area contributed by atoms with Gasteiger partial charge in [-0.2, -0.15) is 0 Å². The number of rotatable bonds is 9. The van der Waals surface area contributed by atoms with Crippen LogP contribution >= 0.6 is 0 Å². The summed E-state index contributed by atoms with van der Waals surface area (Å²) < 4.78 is 6.10. The van der Waals surface area contributed by atoms with E-state index in [1.807, 2.05) is 48.5 Å². The number of ether oxygens (including phenoxy) is 1. The monoisotopic (exact) mass is 482 g/mol. The van der Waals surface area contributed by atoms with Crippen LogP contribution in [-0.4, -0.2) is 22.7 Å². The second-order valence-corrected chi connectivity index (χ2v) is 9.64. The summed E-state index contributed by atoms with van der Waals surface area (Å²) in [7, 11) is 0. The van der Waals surface area contributed by atoms with Crippen molar-refractivity contribution in [2.45, 2.75) is 58.2 Å². The number of aryl methyl sites for hydroxylation is 2. The van der Waals surface area contributed by atoms with Crippen molar-refractivity contribution >= 4 is 10.9 Å². The van der Waals surface area contributed by atoms with E-state index < -0.39 is 0 Å². The van der Waals surface area contributed by atoms with Crippen molar-refractivity contribution in [3.63, 3.8) is 0 Å². The number of aliphatic hydroxyl groups is 1. The van der Waals surface area contributed by atoms with Crippen LogP contribution in [0.25, 0.3) is 10.9 Å². The third kappa shape index (κ3) is 4.95. The summed E-state index contributed by atoms with van der Waals surface area (Å²) in [6.45, 7) is 4.81. The number of nitrogens with one attached hydrogen (secondary N) is 2. The van der Waals surface area contributed by atoms with Crippen molar-refractivity contribution in [3.05, 3.63) is 110 Å². The first-order chi connectivity index (χ1) is 17.6. The van der Waals surface area contributed by atoms with E-state index in [0.29, 0.717) is 17.9 Å². The Morgan fingerprint density at radius 3 is 2.31 bits per heavy atom. The van der Waals surface area contributed by atoms with Gasteiger partial charge in [0.2, 0.25) is 5.56 Å². The molecule has 186 valence electrons. The predicted molar refractivity (Wildman–Crippen MR) is 145 cm³/mol. The molecule has 0 saturated heterocycles. The van der Waals surface area contributed by atoms with Gasteiger partial charge in [0.25, 0.3) is 0 Å². The van der Waals surface area contributed by atoms with Gasteiger partial charge in [0.15, 0.2) is 0 Å². The van der Waals surface area contributed by atoms with Crippen LogP contribution in [0, 0.1) is 0 Å². The van der Waals surface area contributed by atoms with Crippen molar-refractivity contribution in [1.29, 1.82) is 0 Å². The summed E-state index contributed by atoms with van der Waals surface area (Å²) in [5, 5.41) is 15.0. The zero-order valence-electron chi connectivity index (χ0n) is 21.0. The van der Waals surface area contributed by atoms with E-state index in [2.05, 4.69) is 36.3 Å². The SMILES string of the molecule is CCc1cc2c(cc1CC)CC(N[C@@H](CO)c1ccc(OCc3ccccc3)c3[nH]c(=O)ccc13)C2. The summed E-state index contributed by atoms with van der Waals surface area (Å²) in [6.07, 6.45) is 4.01. The summed E-state index contributed by atoms with van der Waals surface area (Å²) in [4.78, 5) is 15.2. The fourth-order valence-electron chi connectivity index (χ4n) is 5.48. The molecule has 5 nitrogen and oxygen atoms in total. The van der Waals surface area contributed by atoms with Crippen LogP contribution in [0.4, 0.5) is 0 Å².